The van der Waals surface area contributed by atoms with Crippen molar-refractivity contribution < 1.29 is 14.3 Å². The average Bonchev–Trinajstić information content (AvgIpc) is 2.68. The maximum atomic E-state index is 12.1. The van der Waals surface area contributed by atoms with Crippen LogP contribution in [-0.4, -0.2) is 48.7 Å². The van der Waals surface area contributed by atoms with Crippen molar-refractivity contribution in [2.75, 3.05) is 31.7 Å². The third kappa shape index (κ3) is 4.82. The highest BCUT2D eigenvalue weighted by Gasteiger charge is 2.23. The molecule has 2 heterocycles. The summed E-state index contributed by atoms with van der Waals surface area (Å²) < 4.78 is 10.6. The summed E-state index contributed by atoms with van der Waals surface area (Å²) in [5, 5.41) is 3.03. The van der Waals surface area contributed by atoms with Crippen molar-refractivity contribution in [3.8, 4) is 11.5 Å². The Morgan fingerprint density at radius 3 is 2.68 bits per heavy atom. The molecule has 0 bridgehead atoms. The zero-order valence-electron chi connectivity index (χ0n) is 14.2. The second-order valence-corrected chi connectivity index (χ2v) is 5.87. The number of carbonyl (C=O) groups is 1. The molecule has 0 saturated carbocycles. The highest BCUT2D eigenvalue weighted by atomic mass is 16.5. The van der Waals surface area contributed by atoms with E-state index in [2.05, 4.69) is 20.2 Å². The Morgan fingerprint density at radius 2 is 1.96 bits per heavy atom. The molecule has 1 aromatic carbocycles. The smallest absolute Gasteiger partial charge is 0.258 e. The van der Waals surface area contributed by atoms with Gasteiger partial charge in [-0.15, -0.1) is 0 Å². The first-order chi connectivity index (χ1) is 12.2. The number of nitrogens with zero attached hydrogens (tertiary/aromatic N) is 3. The number of rotatable bonds is 6. The molecule has 25 heavy (non-hydrogen) atoms. The van der Waals surface area contributed by atoms with Crippen LogP contribution in [0.1, 0.15) is 12.8 Å². The van der Waals surface area contributed by atoms with Gasteiger partial charge >= 0.3 is 0 Å². The summed E-state index contributed by atoms with van der Waals surface area (Å²) in [6.07, 6.45) is 5.39. The van der Waals surface area contributed by atoms with Gasteiger partial charge < -0.3 is 19.7 Å². The SMILES string of the molecule is COc1ccc(OCC(=O)N[C@@H]2CCCN(c3ncccn3)C2)cc1. The highest BCUT2D eigenvalue weighted by Crippen LogP contribution is 2.17. The number of benzene rings is 1. The number of hydrogen-bond donors (Lipinski definition) is 1. The fourth-order valence-electron chi connectivity index (χ4n) is 2.82. The van der Waals surface area contributed by atoms with Crippen LogP contribution in [-0.2, 0) is 4.79 Å². The average molecular weight is 342 g/mol. The van der Waals surface area contributed by atoms with Crippen molar-refractivity contribution in [3.05, 3.63) is 42.7 Å². The predicted octanol–water partition coefficient (Wildman–Crippen LogP) is 1.65. The maximum Gasteiger partial charge on any atom is 0.258 e. The number of aromatic nitrogens is 2. The molecule has 1 fully saturated rings. The molecular formula is C18H22N4O3. The van der Waals surface area contributed by atoms with Crippen molar-refractivity contribution in [2.45, 2.75) is 18.9 Å². The van der Waals surface area contributed by atoms with E-state index in [1.54, 1.807) is 49.8 Å². The Balaban J connectivity index is 1.47. The molecule has 0 unspecified atom stereocenters. The molecule has 3 rings (SSSR count). The molecule has 1 N–H and O–H groups in total. The molecule has 1 amide bonds. The van der Waals surface area contributed by atoms with E-state index in [0.29, 0.717) is 18.2 Å². The predicted molar refractivity (Wildman–Crippen MR) is 93.9 cm³/mol. The minimum absolute atomic E-state index is 0.00926. The van der Waals surface area contributed by atoms with Gasteiger partial charge in [-0.1, -0.05) is 0 Å². The summed E-state index contributed by atoms with van der Waals surface area (Å²) in [6, 6.07) is 9.02. The Labute approximate surface area is 147 Å². The van der Waals surface area contributed by atoms with Crippen molar-refractivity contribution in [1.29, 1.82) is 0 Å². The number of amides is 1. The van der Waals surface area contributed by atoms with Gasteiger partial charge in [0.15, 0.2) is 6.61 Å². The number of anilines is 1. The topological polar surface area (TPSA) is 76.6 Å². The van der Waals surface area contributed by atoms with Crippen LogP contribution >= 0.6 is 0 Å². The lowest BCUT2D eigenvalue weighted by Crippen LogP contribution is -2.49. The largest absolute Gasteiger partial charge is 0.497 e. The van der Waals surface area contributed by atoms with Crippen LogP contribution in [0.5, 0.6) is 11.5 Å². The highest BCUT2D eigenvalue weighted by molar-refractivity contribution is 5.78. The number of methoxy groups -OCH3 is 1. The number of hydrogen-bond acceptors (Lipinski definition) is 6. The Morgan fingerprint density at radius 1 is 1.24 bits per heavy atom. The summed E-state index contributed by atoms with van der Waals surface area (Å²) in [5.74, 6) is 1.97. The summed E-state index contributed by atoms with van der Waals surface area (Å²) in [6.45, 7) is 1.60. The van der Waals surface area contributed by atoms with Gasteiger partial charge in [0, 0.05) is 31.5 Å². The van der Waals surface area contributed by atoms with Gasteiger partial charge in [-0.05, 0) is 43.2 Å². The van der Waals surface area contributed by atoms with E-state index in [4.69, 9.17) is 9.47 Å². The van der Waals surface area contributed by atoms with Crippen LogP contribution in [0.2, 0.25) is 0 Å². The quantitative estimate of drug-likeness (QED) is 0.860. The lowest BCUT2D eigenvalue weighted by Gasteiger charge is -2.33. The van der Waals surface area contributed by atoms with Crippen LogP contribution in [0.3, 0.4) is 0 Å². The Bertz CT molecular complexity index is 678. The molecule has 1 saturated heterocycles. The van der Waals surface area contributed by atoms with E-state index in [-0.39, 0.29) is 18.6 Å². The summed E-state index contributed by atoms with van der Waals surface area (Å²) in [7, 11) is 1.61. The molecule has 132 valence electrons. The zero-order valence-corrected chi connectivity index (χ0v) is 14.2. The molecule has 1 aliphatic heterocycles. The molecule has 0 radical (unpaired) electrons. The third-order valence-electron chi connectivity index (χ3n) is 4.05. The number of piperidine rings is 1. The van der Waals surface area contributed by atoms with Crippen LogP contribution in [0.4, 0.5) is 5.95 Å². The summed E-state index contributed by atoms with van der Waals surface area (Å²) in [5.41, 5.74) is 0. The van der Waals surface area contributed by atoms with Crippen molar-refractivity contribution >= 4 is 11.9 Å². The van der Waals surface area contributed by atoms with Crippen molar-refractivity contribution in [1.82, 2.24) is 15.3 Å². The van der Waals surface area contributed by atoms with Crippen molar-refractivity contribution in [2.24, 2.45) is 0 Å². The second-order valence-electron chi connectivity index (χ2n) is 5.87. The first kappa shape index (κ1) is 17.0. The van der Waals surface area contributed by atoms with Gasteiger partial charge in [0.05, 0.1) is 7.11 Å². The third-order valence-corrected chi connectivity index (χ3v) is 4.05. The zero-order chi connectivity index (χ0) is 17.5. The van der Waals surface area contributed by atoms with E-state index in [9.17, 15) is 4.79 Å². The molecule has 0 aliphatic carbocycles. The van der Waals surface area contributed by atoms with Crippen LogP contribution in [0.15, 0.2) is 42.7 Å². The number of carbonyl (C=O) groups excluding carboxylic acids is 1. The summed E-state index contributed by atoms with van der Waals surface area (Å²) in [4.78, 5) is 22.8. The molecule has 0 spiro atoms. The standard InChI is InChI=1S/C18H22N4O3/c1-24-15-5-7-16(8-6-15)25-13-17(23)21-14-4-2-11-22(12-14)18-19-9-3-10-20-18/h3,5-10,14H,2,4,11-13H2,1H3,(H,21,23)/t14-/m1/s1. The van der Waals surface area contributed by atoms with E-state index in [1.807, 2.05) is 0 Å². The van der Waals surface area contributed by atoms with Crippen LogP contribution in [0, 0.1) is 0 Å². The number of nitrogens with one attached hydrogen (secondary N) is 1. The first-order valence-corrected chi connectivity index (χ1v) is 8.33. The van der Waals surface area contributed by atoms with Gasteiger partial charge in [-0.25, -0.2) is 9.97 Å². The molecule has 1 aromatic heterocycles. The van der Waals surface area contributed by atoms with Gasteiger partial charge in [-0.2, -0.15) is 0 Å². The molecule has 1 aliphatic rings. The van der Waals surface area contributed by atoms with E-state index >= 15 is 0 Å². The molecule has 7 nitrogen and oxygen atoms in total. The molecule has 7 heteroatoms. The Kier molecular flexibility index (Phi) is 5.66. The van der Waals surface area contributed by atoms with Gasteiger partial charge in [-0.3, -0.25) is 4.79 Å². The Hall–Kier alpha value is -2.83. The second kappa shape index (κ2) is 8.32. The van der Waals surface area contributed by atoms with Gasteiger partial charge in [0.25, 0.3) is 5.91 Å². The fourth-order valence-corrected chi connectivity index (χ4v) is 2.82. The van der Waals surface area contributed by atoms with Crippen LogP contribution in [0.25, 0.3) is 0 Å². The lowest BCUT2D eigenvalue weighted by atomic mass is 10.1. The lowest BCUT2D eigenvalue weighted by molar-refractivity contribution is -0.123. The first-order valence-electron chi connectivity index (χ1n) is 8.33. The maximum absolute atomic E-state index is 12.1. The van der Waals surface area contributed by atoms with Crippen molar-refractivity contribution in [3.63, 3.8) is 0 Å². The van der Waals surface area contributed by atoms with E-state index in [1.165, 1.54) is 0 Å². The monoisotopic (exact) mass is 342 g/mol. The molecule has 1 atom stereocenters. The fraction of sp³-hybridized carbons (Fsp3) is 0.389. The van der Waals surface area contributed by atoms with E-state index < -0.39 is 0 Å². The number of ether oxygens (including phenoxy) is 2. The van der Waals surface area contributed by atoms with Gasteiger partial charge in [0.1, 0.15) is 11.5 Å². The van der Waals surface area contributed by atoms with E-state index in [0.717, 1.165) is 25.1 Å². The molecule has 2 aromatic rings. The summed E-state index contributed by atoms with van der Waals surface area (Å²) >= 11 is 0. The normalized spacial score (nSPS) is 17.0. The molecular weight excluding hydrogens is 320 g/mol. The minimum atomic E-state index is -0.128. The minimum Gasteiger partial charge on any atom is -0.497 e. The van der Waals surface area contributed by atoms with Crippen LogP contribution < -0.4 is 19.7 Å². The van der Waals surface area contributed by atoms with Gasteiger partial charge in [0.2, 0.25) is 5.95 Å².